The lowest BCUT2D eigenvalue weighted by Gasteiger charge is -2.29. The number of anilines is 1. The van der Waals surface area contributed by atoms with Gasteiger partial charge in [-0.3, -0.25) is 10.1 Å². The molecule has 6 nitrogen and oxygen atoms in total. The van der Waals surface area contributed by atoms with Gasteiger partial charge >= 0.3 is 0 Å². The van der Waals surface area contributed by atoms with Gasteiger partial charge in [0, 0.05) is 41.8 Å². The van der Waals surface area contributed by atoms with E-state index in [4.69, 9.17) is 0 Å². The number of aliphatic hydroxyl groups is 1. The van der Waals surface area contributed by atoms with E-state index in [1.165, 1.54) is 6.07 Å². The molecule has 0 bridgehead atoms. The molecule has 0 spiro atoms. The molecule has 7 heteroatoms. The molecule has 1 unspecified atom stereocenters. The molecule has 3 N–H and O–H groups in total. The van der Waals surface area contributed by atoms with E-state index < -0.39 is 12.1 Å². The number of halogens is 1. The first-order valence-electron chi connectivity index (χ1n) is 9.47. The molecular formula is C21H24FN5O. The molecule has 3 heterocycles. The molecule has 3 aromatic heterocycles. The van der Waals surface area contributed by atoms with Gasteiger partial charge in [-0.05, 0) is 48.4 Å². The Labute approximate surface area is 163 Å². The SMILES string of the molecule is CC1(C)CCc2c(-c3cc(F)nc(NCC(O)c4ccncc4)c3)n[nH]c2C1. The summed E-state index contributed by atoms with van der Waals surface area (Å²) in [6.07, 6.45) is 5.44. The summed E-state index contributed by atoms with van der Waals surface area (Å²) < 4.78 is 14.2. The number of fused-ring (bicyclic) bond motifs is 1. The van der Waals surface area contributed by atoms with Gasteiger partial charge in [0.1, 0.15) is 5.82 Å². The number of rotatable bonds is 5. The van der Waals surface area contributed by atoms with E-state index in [-0.39, 0.29) is 12.0 Å². The number of aromatic nitrogens is 4. The summed E-state index contributed by atoms with van der Waals surface area (Å²) in [4.78, 5) is 7.84. The van der Waals surface area contributed by atoms with Crippen LogP contribution in [0.3, 0.4) is 0 Å². The predicted molar refractivity (Wildman–Crippen MR) is 105 cm³/mol. The summed E-state index contributed by atoms with van der Waals surface area (Å²) in [5.41, 5.74) is 4.74. The number of aromatic amines is 1. The Kier molecular flexibility index (Phi) is 4.85. The molecule has 1 aliphatic rings. The van der Waals surface area contributed by atoms with Crippen molar-refractivity contribution in [3.05, 3.63) is 59.4 Å². The van der Waals surface area contributed by atoms with Crippen LogP contribution in [0.5, 0.6) is 0 Å². The summed E-state index contributed by atoms with van der Waals surface area (Å²) in [6.45, 7) is 4.71. The number of pyridine rings is 2. The maximum Gasteiger partial charge on any atom is 0.215 e. The highest BCUT2D eigenvalue weighted by Gasteiger charge is 2.29. The second kappa shape index (κ2) is 7.31. The first kappa shape index (κ1) is 18.6. The quantitative estimate of drug-likeness (QED) is 0.587. The van der Waals surface area contributed by atoms with Crippen LogP contribution in [0.1, 0.15) is 43.2 Å². The van der Waals surface area contributed by atoms with Crippen LogP contribution in [-0.2, 0) is 12.8 Å². The van der Waals surface area contributed by atoms with Crippen LogP contribution >= 0.6 is 0 Å². The Morgan fingerprint density at radius 1 is 1.29 bits per heavy atom. The van der Waals surface area contributed by atoms with E-state index in [9.17, 15) is 9.50 Å². The number of hydrogen-bond donors (Lipinski definition) is 3. The zero-order chi connectivity index (χ0) is 19.7. The third-order valence-electron chi connectivity index (χ3n) is 5.29. The van der Waals surface area contributed by atoms with Crippen LogP contribution in [0.15, 0.2) is 36.7 Å². The van der Waals surface area contributed by atoms with Gasteiger partial charge < -0.3 is 10.4 Å². The van der Waals surface area contributed by atoms with Crippen LogP contribution in [0.2, 0.25) is 0 Å². The first-order valence-corrected chi connectivity index (χ1v) is 9.47. The molecule has 28 heavy (non-hydrogen) atoms. The third kappa shape index (κ3) is 3.89. The summed E-state index contributed by atoms with van der Waals surface area (Å²) in [7, 11) is 0. The Morgan fingerprint density at radius 2 is 2.07 bits per heavy atom. The topological polar surface area (TPSA) is 86.7 Å². The zero-order valence-electron chi connectivity index (χ0n) is 16.0. The molecule has 1 atom stereocenters. The number of aliphatic hydroxyl groups excluding tert-OH is 1. The molecule has 4 rings (SSSR count). The van der Waals surface area contributed by atoms with Crippen molar-refractivity contribution in [2.45, 2.75) is 39.2 Å². The maximum atomic E-state index is 14.2. The van der Waals surface area contributed by atoms with Crippen molar-refractivity contribution in [3.63, 3.8) is 0 Å². The van der Waals surface area contributed by atoms with Gasteiger partial charge in [0.15, 0.2) is 0 Å². The highest BCUT2D eigenvalue weighted by atomic mass is 19.1. The van der Waals surface area contributed by atoms with Gasteiger partial charge in [0.25, 0.3) is 0 Å². The number of nitrogens with zero attached hydrogens (tertiary/aromatic N) is 3. The van der Waals surface area contributed by atoms with Crippen molar-refractivity contribution >= 4 is 5.82 Å². The predicted octanol–water partition coefficient (Wildman–Crippen LogP) is 3.67. The third-order valence-corrected chi connectivity index (χ3v) is 5.29. The average Bonchev–Trinajstić information content (AvgIpc) is 3.08. The lowest BCUT2D eigenvalue weighted by Crippen LogP contribution is -2.21. The molecule has 0 aliphatic heterocycles. The van der Waals surface area contributed by atoms with Crippen LogP contribution < -0.4 is 5.32 Å². The van der Waals surface area contributed by atoms with Crippen LogP contribution in [0.25, 0.3) is 11.3 Å². The van der Waals surface area contributed by atoms with Crippen LogP contribution in [0.4, 0.5) is 10.2 Å². The molecule has 0 amide bonds. The fraction of sp³-hybridized carbons (Fsp3) is 0.381. The lowest BCUT2D eigenvalue weighted by molar-refractivity contribution is 0.191. The summed E-state index contributed by atoms with van der Waals surface area (Å²) >= 11 is 0. The van der Waals surface area contributed by atoms with E-state index in [1.54, 1.807) is 30.6 Å². The van der Waals surface area contributed by atoms with Crippen LogP contribution in [0, 0.1) is 11.4 Å². The van der Waals surface area contributed by atoms with Gasteiger partial charge in [-0.1, -0.05) is 13.8 Å². The Bertz CT molecular complexity index is 970. The monoisotopic (exact) mass is 381 g/mol. The summed E-state index contributed by atoms with van der Waals surface area (Å²) in [6, 6.07) is 6.67. The zero-order valence-corrected chi connectivity index (χ0v) is 16.0. The molecule has 0 saturated heterocycles. The molecule has 0 fully saturated rings. The first-order chi connectivity index (χ1) is 13.4. The maximum absolute atomic E-state index is 14.2. The molecule has 0 radical (unpaired) electrons. The van der Waals surface area contributed by atoms with E-state index in [0.29, 0.717) is 11.4 Å². The van der Waals surface area contributed by atoms with Crippen LogP contribution in [-0.4, -0.2) is 31.8 Å². The highest BCUT2D eigenvalue weighted by Crippen LogP contribution is 2.38. The molecule has 1 aliphatic carbocycles. The Morgan fingerprint density at radius 3 is 2.86 bits per heavy atom. The van der Waals surface area contributed by atoms with Crippen molar-refractivity contribution in [1.29, 1.82) is 0 Å². The molecule has 0 saturated carbocycles. The van der Waals surface area contributed by atoms with Crippen molar-refractivity contribution in [1.82, 2.24) is 20.2 Å². The standard InChI is InChI=1S/C21H24FN5O/c1-21(2)6-3-15-16(11-21)26-27-20(15)14-9-18(22)25-19(10-14)24-12-17(28)13-4-7-23-8-5-13/h4-5,7-10,17,28H,3,6,11-12H2,1-2H3,(H,24,25)(H,26,27). The lowest BCUT2D eigenvalue weighted by atomic mass is 9.76. The van der Waals surface area contributed by atoms with Crippen molar-refractivity contribution < 1.29 is 9.50 Å². The fourth-order valence-electron chi connectivity index (χ4n) is 3.71. The molecule has 146 valence electrons. The number of hydrogen-bond acceptors (Lipinski definition) is 5. The minimum absolute atomic E-state index is 0.215. The van der Waals surface area contributed by atoms with Crippen molar-refractivity contribution in [2.24, 2.45) is 5.41 Å². The smallest absolute Gasteiger partial charge is 0.215 e. The second-order valence-corrected chi connectivity index (χ2v) is 8.11. The van der Waals surface area contributed by atoms with Gasteiger partial charge in [0.05, 0.1) is 11.8 Å². The minimum atomic E-state index is -0.739. The van der Waals surface area contributed by atoms with E-state index in [1.807, 2.05) is 0 Å². The minimum Gasteiger partial charge on any atom is -0.387 e. The van der Waals surface area contributed by atoms with E-state index >= 15 is 0 Å². The molecule has 3 aromatic rings. The van der Waals surface area contributed by atoms with Crippen molar-refractivity contribution in [2.75, 3.05) is 11.9 Å². The number of nitrogens with one attached hydrogen (secondary N) is 2. The normalized spacial score (nSPS) is 16.4. The Hall–Kier alpha value is -2.80. The van der Waals surface area contributed by atoms with Gasteiger partial charge in [-0.25, -0.2) is 4.98 Å². The average molecular weight is 381 g/mol. The number of H-pyrrole nitrogens is 1. The second-order valence-electron chi connectivity index (χ2n) is 8.11. The van der Waals surface area contributed by atoms with Gasteiger partial charge in [0.2, 0.25) is 5.95 Å². The highest BCUT2D eigenvalue weighted by molar-refractivity contribution is 5.67. The fourth-order valence-corrected chi connectivity index (χ4v) is 3.71. The van der Waals surface area contributed by atoms with E-state index in [0.717, 1.165) is 41.8 Å². The summed E-state index contributed by atoms with van der Waals surface area (Å²) in [5, 5.41) is 20.9. The molecular weight excluding hydrogens is 357 g/mol. The van der Waals surface area contributed by atoms with Gasteiger partial charge in [-0.15, -0.1) is 0 Å². The summed E-state index contributed by atoms with van der Waals surface area (Å²) in [5.74, 6) is -0.206. The van der Waals surface area contributed by atoms with E-state index in [2.05, 4.69) is 39.3 Å². The largest absolute Gasteiger partial charge is 0.387 e. The van der Waals surface area contributed by atoms with Crippen molar-refractivity contribution in [3.8, 4) is 11.3 Å². The Balaban J connectivity index is 1.55. The van der Waals surface area contributed by atoms with Gasteiger partial charge in [-0.2, -0.15) is 9.49 Å². The molecule has 0 aromatic carbocycles.